The molecule has 0 aliphatic rings. The fourth-order valence-electron chi connectivity index (χ4n) is 3.53. The van der Waals surface area contributed by atoms with E-state index in [1.807, 2.05) is 49.4 Å². The first-order valence-corrected chi connectivity index (χ1v) is 10.9. The number of aliphatic imine (C=N–C) groups is 1. The van der Waals surface area contributed by atoms with Crippen molar-refractivity contribution in [1.82, 2.24) is 4.98 Å². The molecule has 0 atom stereocenters. The zero-order valence-corrected chi connectivity index (χ0v) is 19.1. The van der Waals surface area contributed by atoms with Gasteiger partial charge in [0.05, 0.1) is 5.69 Å². The number of halogens is 1. The highest BCUT2D eigenvalue weighted by Crippen LogP contribution is 2.29. The molecule has 0 aliphatic carbocycles. The molecule has 4 aromatic rings. The van der Waals surface area contributed by atoms with Crippen LogP contribution in [0.15, 0.2) is 102 Å². The van der Waals surface area contributed by atoms with Crippen molar-refractivity contribution in [2.24, 2.45) is 4.99 Å². The number of hydrogen-bond acceptors (Lipinski definition) is 5. The van der Waals surface area contributed by atoms with E-state index in [1.54, 1.807) is 42.7 Å². The maximum Gasteiger partial charge on any atom is 0.255 e. The quantitative estimate of drug-likeness (QED) is 0.244. The summed E-state index contributed by atoms with van der Waals surface area (Å²) in [5, 5.41) is 9.46. The summed E-state index contributed by atoms with van der Waals surface area (Å²) in [7, 11) is 0. The zero-order valence-electron chi connectivity index (χ0n) is 19.1. The molecule has 0 unspecified atom stereocenters. The highest BCUT2D eigenvalue weighted by atomic mass is 19.1. The monoisotopic (exact) mass is 465 g/mol. The molecule has 6 nitrogen and oxygen atoms in total. The predicted octanol–water partition coefficient (Wildman–Crippen LogP) is 7.02. The number of anilines is 4. The van der Waals surface area contributed by atoms with E-state index in [1.165, 1.54) is 12.1 Å². The van der Waals surface area contributed by atoms with Crippen LogP contribution < -0.4 is 16.0 Å². The summed E-state index contributed by atoms with van der Waals surface area (Å²) < 4.78 is 13.9. The lowest BCUT2D eigenvalue weighted by Crippen LogP contribution is -2.12. The topological polar surface area (TPSA) is 78.4 Å². The second kappa shape index (κ2) is 10.9. The van der Waals surface area contributed by atoms with Crippen LogP contribution in [0.25, 0.3) is 5.70 Å². The number of aromatic nitrogens is 1. The fourth-order valence-corrected chi connectivity index (χ4v) is 3.53. The number of pyridine rings is 1. The highest BCUT2D eigenvalue weighted by Gasteiger charge is 2.11. The fraction of sp³-hybridized carbons (Fsp3) is 0.0357. The predicted molar refractivity (Wildman–Crippen MR) is 141 cm³/mol. The van der Waals surface area contributed by atoms with Crippen molar-refractivity contribution in [3.63, 3.8) is 0 Å². The van der Waals surface area contributed by atoms with Crippen molar-refractivity contribution >= 4 is 46.8 Å². The standard InChI is InChI=1S/C28H24FN5O/c1-3-26(25-17-20(29)10-11-27(25)30-2)33-23-8-5-9-24(18-23)34-28(35)19-6-4-7-22(16-19)32-21-12-14-31-15-13-21/h3-18,33H,2H2,1H3,(H,31,32)(H,34,35)/b26-3+. The van der Waals surface area contributed by atoms with E-state index in [9.17, 15) is 9.18 Å². The van der Waals surface area contributed by atoms with Gasteiger partial charge in [-0.2, -0.15) is 0 Å². The number of hydrogen-bond donors (Lipinski definition) is 3. The third-order valence-electron chi connectivity index (χ3n) is 5.20. The van der Waals surface area contributed by atoms with E-state index < -0.39 is 0 Å². The molecule has 0 bridgehead atoms. The third-order valence-corrected chi connectivity index (χ3v) is 5.20. The summed E-state index contributed by atoms with van der Waals surface area (Å²) >= 11 is 0. The minimum Gasteiger partial charge on any atom is -0.355 e. The van der Waals surface area contributed by atoms with Gasteiger partial charge >= 0.3 is 0 Å². The molecular weight excluding hydrogens is 441 g/mol. The van der Waals surface area contributed by atoms with Crippen molar-refractivity contribution in [3.05, 3.63) is 114 Å². The van der Waals surface area contributed by atoms with Crippen LogP contribution in [-0.2, 0) is 0 Å². The molecule has 0 aliphatic heterocycles. The molecule has 35 heavy (non-hydrogen) atoms. The van der Waals surface area contributed by atoms with Gasteiger partial charge in [0.2, 0.25) is 0 Å². The molecule has 0 fully saturated rings. The van der Waals surface area contributed by atoms with Gasteiger partial charge in [0.25, 0.3) is 5.91 Å². The summed E-state index contributed by atoms with van der Waals surface area (Å²) in [5.41, 5.74) is 5.35. The van der Waals surface area contributed by atoms with Crippen molar-refractivity contribution in [3.8, 4) is 0 Å². The van der Waals surface area contributed by atoms with Crippen LogP contribution >= 0.6 is 0 Å². The molecule has 3 N–H and O–H groups in total. The summed E-state index contributed by atoms with van der Waals surface area (Å²) in [6.45, 7) is 5.41. The van der Waals surface area contributed by atoms with E-state index in [4.69, 9.17) is 0 Å². The molecule has 4 rings (SSSR count). The Balaban J connectivity index is 1.49. The molecule has 0 radical (unpaired) electrons. The van der Waals surface area contributed by atoms with E-state index in [2.05, 4.69) is 32.6 Å². The molecule has 0 spiro atoms. The Morgan fingerprint density at radius 3 is 2.34 bits per heavy atom. The van der Waals surface area contributed by atoms with Crippen LogP contribution in [0.3, 0.4) is 0 Å². The number of amides is 1. The van der Waals surface area contributed by atoms with Gasteiger partial charge in [0.1, 0.15) is 5.82 Å². The average molecular weight is 466 g/mol. The Bertz CT molecular complexity index is 1390. The summed E-state index contributed by atoms with van der Waals surface area (Å²) in [6.07, 6.45) is 5.22. The number of carbonyl (C=O) groups excluding carboxylic acids is 1. The largest absolute Gasteiger partial charge is 0.355 e. The van der Waals surface area contributed by atoms with Crippen LogP contribution in [-0.4, -0.2) is 17.6 Å². The number of carbonyl (C=O) groups is 1. The Hall–Kier alpha value is -4.78. The molecule has 1 aromatic heterocycles. The molecule has 7 heteroatoms. The van der Waals surface area contributed by atoms with Gasteiger partial charge in [-0.25, -0.2) is 4.39 Å². The first kappa shape index (κ1) is 23.4. The van der Waals surface area contributed by atoms with Crippen LogP contribution in [0.1, 0.15) is 22.8 Å². The van der Waals surface area contributed by atoms with Gasteiger partial charge in [0, 0.05) is 52.0 Å². The lowest BCUT2D eigenvalue weighted by molar-refractivity contribution is 0.102. The number of benzene rings is 3. The third kappa shape index (κ3) is 5.97. The number of allylic oxidation sites excluding steroid dienone is 1. The first-order valence-electron chi connectivity index (χ1n) is 10.9. The smallest absolute Gasteiger partial charge is 0.255 e. The average Bonchev–Trinajstić information content (AvgIpc) is 2.88. The second-order valence-corrected chi connectivity index (χ2v) is 7.62. The lowest BCUT2D eigenvalue weighted by Gasteiger charge is -2.15. The van der Waals surface area contributed by atoms with E-state index in [0.717, 1.165) is 17.1 Å². The van der Waals surface area contributed by atoms with Crippen molar-refractivity contribution in [1.29, 1.82) is 0 Å². The maximum atomic E-state index is 13.9. The Kier molecular flexibility index (Phi) is 7.28. The number of nitrogens with one attached hydrogen (secondary N) is 3. The Morgan fingerprint density at radius 2 is 1.60 bits per heavy atom. The van der Waals surface area contributed by atoms with Gasteiger partial charge < -0.3 is 16.0 Å². The second-order valence-electron chi connectivity index (χ2n) is 7.62. The molecule has 174 valence electrons. The zero-order chi connectivity index (χ0) is 24.6. The van der Waals surface area contributed by atoms with Crippen LogP contribution in [0, 0.1) is 5.82 Å². The molecule has 1 amide bonds. The van der Waals surface area contributed by atoms with Crippen LogP contribution in [0.4, 0.5) is 32.8 Å². The Morgan fingerprint density at radius 1 is 0.886 bits per heavy atom. The van der Waals surface area contributed by atoms with Crippen LogP contribution in [0.2, 0.25) is 0 Å². The minimum atomic E-state index is -0.366. The number of nitrogens with zero attached hydrogens (tertiary/aromatic N) is 2. The SMILES string of the molecule is C=Nc1ccc(F)cc1/C(=C\C)Nc1cccc(NC(=O)c2cccc(Nc3ccncc3)c2)c1. The normalized spacial score (nSPS) is 11.0. The van der Waals surface area contributed by atoms with Gasteiger partial charge in [-0.05, 0) is 80.4 Å². The van der Waals surface area contributed by atoms with E-state index in [-0.39, 0.29) is 11.7 Å². The van der Waals surface area contributed by atoms with Gasteiger partial charge in [0.15, 0.2) is 0 Å². The molecule has 0 saturated heterocycles. The van der Waals surface area contributed by atoms with Crippen molar-refractivity contribution in [2.75, 3.05) is 16.0 Å². The molecular formula is C28H24FN5O. The highest BCUT2D eigenvalue weighted by molar-refractivity contribution is 6.05. The molecule has 3 aromatic carbocycles. The molecule has 1 heterocycles. The van der Waals surface area contributed by atoms with E-state index in [0.29, 0.717) is 28.2 Å². The number of rotatable bonds is 8. The maximum absolute atomic E-state index is 13.9. The van der Waals surface area contributed by atoms with Crippen LogP contribution in [0.5, 0.6) is 0 Å². The van der Waals surface area contributed by atoms with Gasteiger partial charge in [-0.3, -0.25) is 14.8 Å². The summed E-state index contributed by atoms with van der Waals surface area (Å²) in [5.74, 6) is -0.606. The van der Waals surface area contributed by atoms with Crippen molar-refractivity contribution in [2.45, 2.75) is 6.92 Å². The summed E-state index contributed by atoms with van der Waals surface area (Å²) in [6, 6.07) is 22.6. The van der Waals surface area contributed by atoms with E-state index >= 15 is 0 Å². The van der Waals surface area contributed by atoms with Crippen molar-refractivity contribution < 1.29 is 9.18 Å². The van der Waals surface area contributed by atoms with Gasteiger partial charge in [-0.15, -0.1) is 0 Å². The first-order chi connectivity index (χ1) is 17.1. The summed E-state index contributed by atoms with van der Waals surface area (Å²) in [4.78, 5) is 20.9. The Labute approximate surface area is 203 Å². The minimum absolute atomic E-state index is 0.241. The molecule has 0 saturated carbocycles. The lowest BCUT2D eigenvalue weighted by atomic mass is 10.1. The van der Waals surface area contributed by atoms with Gasteiger partial charge in [-0.1, -0.05) is 18.2 Å².